The number of pyridine rings is 2. The van der Waals surface area contributed by atoms with Crippen LogP contribution in [0, 0.1) is 0 Å². The molecule has 0 spiro atoms. The quantitative estimate of drug-likeness (QED) is 0.795. The molecule has 6 heteroatoms. The van der Waals surface area contributed by atoms with Gasteiger partial charge in [0.25, 0.3) is 0 Å². The molecule has 0 radical (unpaired) electrons. The van der Waals surface area contributed by atoms with Gasteiger partial charge in [-0.1, -0.05) is 0 Å². The van der Waals surface area contributed by atoms with Crippen LogP contribution in [0.5, 0.6) is 0 Å². The van der Waals surface area contributed by atoms with Gasteiger partial charge in [0.05, 0.1) is 23.6 Å². The molecule has 1 aliphatic heterocycles. The van der Waals surface area contributed by atoms with Crippen molar-refractivity contribution < 1.29 is 4.74 Å². The topological polar surface area (TPSA) is 68.7 Å². The van der Waals surface area contributed by atoms with Crippen molar-refractivity contribution in [2.75, 3.05) is 18.8 Å². The van der Waals surface area contributed by atoms with Crippen molar-refractivity contribution >= 4 is 11.3 Å². The molecule has 2 atom stereocenters. The molecule has 0 amide bonds. The van der Waals surface area contributed by atoms with Gasteiger partial charge >= 0.3 is 0 Å². The fraction of sp³-hybridized carbons (Fsp3) is 0.368. The monoisotopic (exact) mass is 337 g/mol. The van der Waals surface area contributed by atoms with Crippen molar-refractivity contribution in [3.05, 3.63) is 48.5 Å². The van der Waals surface area contributed by atoms with Crippen LogP contribution >= 0.6 is 0 Å². The Labute approximate surface area is 147 Å². The SMILES string of the molecule is CC1CN(Cc2c(-c3cccnc3)nc3ccc(N)cn23)CC(C)O1. The van der Waals surface area contributed by atoms with Gasteiger partial charge in [-0.25, -0.2) is 4.98 Å². The van der Waals surface area contributed by atoms with Gasteiger partial charge in [-0.3, -0.25) is 9.88 Å². The van der Waals surface area contributed by atoms with Crippen molar-refractivity contribution in [2.24, 2.45) is 0 Å². The van der Waals surface area contributed by atoms with E-state index in [0.717, 1.165) is 47.9 Å². The maximum Gasteiger partial charge on any atom is 0.137 e. The number of imidazole rings is 1. The Kier molecular flexibility index (Phi) is 4.15. The number of nitrogens with two attached hydrogens (primary N) is 1. The second-order valence-corrected chi connectivity index (χ2v) is 6.79. The molecule has 0 saturated carbocycles. The zero-order valence-corrected chi connectivity index (χ0v) is 14.6. The molecule has 4 rings (SSSR count). The first kappa shape index (κ1) is 16.1. The van der Waals surface area contributed by atoms with E-state index in [1.54, 1.807) is 6.20 Å². The summed E-state index contributed by atoms with van der Waals surface area (Å²) in [5.74, 6) is 0. The number of nitrogen functional groups attached to an aromatic ring is 1. The van der Waals surface area contributed by atoms with E-state index in [0.29, 0.717) is 0 Å². The van der Waals surface area contributed by atoms with Crippen LogP contribution in [-0.2, 0) is 11.3 Å². The van der Waals surface area contributed by atoms with E-state index in [-0.39, 0.29) is 12.2 Å². The van der Waals surface area contributed by atoms with Gasteiger partial charge < -0.3 is 14.9 Å². The highest BCUT2D eigenvalue weighted by Gasteiger charge is 2.25. The summed E-state index contributed by atoms with van der Waals surface area (Å²) in [5, 5.41) is 0. The standard InChI is InChI=1S/C19H23N5O/c1-13-9-23(10-14(2)25-13)12-17-19(15-4-3-7-21-8-15)22-18-6-5-16(20)11-24(17)18/h3-8,11,13-14H,9-10,12,20H2,1-2H3. The zero-order chi connectivity index (χ0) is 17.4. The van der Waals surface area contributed by atoms with Crippen molar-refractivity contribution in [1.29, 1.82) is 0 Å². The maximum atomic E-state index is 6.02. The number of hydrogen-bond acceptors (Lipinski definition) is 5. The third-order valence-electron chi connectivity index (χ3n) is 4.54. The minimum atomic E-state index is 0.231. The molecule has 0 aromatic carbocycles. The van der Waals surface area contributed by atoms with Crippen molar-refractivity contribution in [1.82, 2.24) is 19.3 Å². The molecule has 25 heavy (non-hydrogen) atoms. The average Bonchev–Trinajstić information content (AvgIpc) is 2.93. The molecule has 1 fully saturated rings. The number of aromatic nitrogens is 3. The minimum absolute atomic E-state index is 0.231. The van der Waals surface area contributed by atoms with Crippen molar-refractivity contribution in [2.45, 2.75) is 32.6 Å². The second kappa shape index (κ2) is 6.46. The predicted octanol–water partition coefficient (Wildman–Crippen LogP) is 2.59. The normalized spacial score (nSPS) is 21.7. The predicted molar refractivity (Wildman–Crippen MR) is 98.1 cm³/mol. The van der Waals surface area contributed by atoms with E-state index in [2.05, 4.69) is 28.1 Å². The molecular formula is C19H23N5O. The van der Waals surface area contributed by atoms with Crippen molar-refractivity contribution in [3.8, 4) is 11.3 Å². The maximum absolute atomic E-state index is 6.02. The summed E-state index contributed by atoms with van der Waals surface area (Å²) in [7, 11) is 0. The summed E-state index contributed by atoms with van der Waals surface area (Å²) in [6.45, 7) is 6.86. The number of fused-ring (bicyclic) bond motifs is 1. The largest absolute Gasteiger partial charge is 0.398 e. The van der Waals surface area contributed by atoms with Gasteiger partial charge in [0, 0.05) is 49.5 Å². The number of nitrogens with zero attached hydrogens (tertiary/aromatic N) is 4. The van der Waals surface area contributed by atoms with Crippen molar-refractivity contribution in [3.63, 3.8) is 0 Å². The molecule has 2 unspecified atom stereocenters. The first-order chi connectivity index (χ1) is 12.1. The summed E-state index contributed by atoms with van der Waals surface area (Å²) in [5.41, 5.74) is 10.8. The highest BCUT2D eigenvalue weighted by molar-refractivity contribution is 5.66. The Bertz CT molecular complexity index is 866. The summed E-state index contributed by atoms with van der Waals surface area (Å²) in [6, 6.07) is 7.84. The van der Waals surface area contributed by atoms with Gasteiger partial charge in [0.15, 0.2) is 0 Å². The Morgan fingerprint density at radius 2 is 2.00 bits per heavy atom. The van der Waals surface area contributed by atoms with Crippen LogP contribution in [0.15, 0.2) is 42.9 Å². The summed E-state index contributed by atoms with van der Waals surface area (Å²) in [6.07, 6.45) is 6.05. The van der Waals surface area contributed by atoms with Crippen LogP contribution in [0.3, 0.4) is 0 Å². The Hall–Kier alpha value is -2.44. The van der Waals surface area contributed by atoms with E-state index >= 15 is 0 Å². The van der Waals surface area contributed by atoms with E-state index in [9.17, 15) is 0 Å². The lowest BCUT2D eigenvalue weighted by atomic mass is 10.1. The van der Waals surface area contributed by atoms with E-state index in [4.69, 9.17) is 15.5 Å². The van der Waals surface area contributed by atoms with E-state index in [1.165, 1.54) is 0 Å². The molecule has 0 bridgehead atoms. The molecule has 130 valence electrons. The van der Waals surface area contributed by atoms with Gasteiger partial charge in [-0.15, -0.1) is 0 Å². The number of ether oxygens (including phenoxy) is 1. The minimum Gasteiger partial charge on any atom is -0.398 e. The Morgan fingerprint density at radius 1 is 1.20 bits per heavy atom. The number of rotatable bonds is 3. The summed E-state index contributed by atoms with van der Waals surface area (Å²) in [4.78, 5) is 11.5. The number of hydrogen-bond donors (Lipinski definition) is 1. The van der Waals surface area contributed by atoms with Crippen LogP contribution in [0.4, 0.5) is 5.69 Å². The molecule has 3 aromatic rings. The highest BCUT2D eigenvalue weighted by atomic mass is 16.5. The van der Waals surface area contributed by atoms with Gasteiger partial charge in [-0.05, 0) is 38.1 Å². The average molecular weight is 337 g/mol. The molecule has 0 aliphatic carbocycles. The Morgan fingerprint density at radius 3 is 2.72 bits per heavy atom. The third-order valence-corrected chi connectivity index (χ3v) is 4.54. The first-order valence-electron chi connectivity index (χ1n) is 8.65. The van der Waals surface area contributed by atoms with Gasteiger partial charge in [-0.2, -0.15) is 0 Å². The lowest BCUT2D eigenvalue weighted by Gasteiger charge is -2.35. The van der Waals surface area contributed by atoms with Crippen LogP contribution in [0.2, 0.25) is 0 Å². The molecule has 4 heterocycles. The van der Waals surface area contributed by atoms with E-state index in [1.807, 2.05) is 36.7 Å². The second-order valence-electron chi connectivity index (χ2n) is 6.79. The number of anilines is 1. The molecule has 1 saturated heterocycles. The first-order valence-corrected chi connectivity index (χ1v) is 8.65. The zero-order valence-electron chi connectivity index (χ0n) is 14.6. The van der Waals surface area contributed by atoms with Crippen LogP contribution in [0.1, 0.15) is 19.5 Å². The molecule has 2 N–H and O–H groups in total. The lowest BCUT2D eigenvalue weighted by Crippen LogP contribution is -2.45. The van der Waals surface area contributed by atoms with Gasteiger partial charge in [0.1, 0.15) is 5.65 Å². The summed E-state index contributed by atoms with van der Waals surface area (Å²) >= 11 is 0. The molecule has 6 nitrogen and oxygen atoms in total. The van der Waals surface area contributed by atoms with Crippen LogP contribution in [0.25, 0.3) is 16.9 Å². The summed E-state index contributed by atoms with van der Waals surface area (Å²) < 4.78 is 7.96. The fourth-order valence-electron chi connectivity index (χ4n) is 3.62. The smallest absolute Gasteiger partial charge is 0.137 e. The molecule has 3 aromatic heterocycles. The van der Waals surface area contributed by atoms with Gasteiger partial charge in [0.2, 0.25) is 0 Å². The molecular weight excluding hydrogens is 314 g/mol. The number of morpholine rings is 1. The van der Waals surface area contributed by atoms with E-state index < -0.39 is 0 Å². The van der Waals surface area contributed by atoms with Crippen LogP contribution in [-0.4, -0.2) is 44.6 Å². The lowest BCUT2D eigenvalue weighted by molar-refractivity contribution is -0.0707. The molecule has 1 aliphatic rings. The fourth-order valence-corrected chi connectivity index (χ4v) is 3.62. The van der Waals surface area contributed by atoms with Crippen LogP contribution < -0.4 is 5.73 Å². The Balaban J connectivity index is 1.78. The highest BCUT2D eigenvalue weighted by Crippen LogP contribution is 2.27. The third kappa shape index (κ3) is 3.23.